The van der Waals surface area contributed by atoms with Crippen molar-refractivity contribution in [3.8, 4) is 5.75 Å². The fourth-order valence-electron chi connectivity index (χ4n) is 0.728. The number of carbonyl (C=O) groups excluding carboxylic acids is 1. The molecule has 0 radical (unpaired) electrons. The van der Waals surface area contributed by atoms with Gasteiger partial charge in [-0.3, -0.25) is 4.79 Å². The fourth-order valence-corrected chi connectivity index (χ4v) is 1.36. The average molecular weight is 260 g/mol. The monoisotopic (exact) mass is 260 g/mol. The summed E-state index contributed by atoms with van der Waals surface area (Å²) in [6, 6.07) is 1.09. The smallest absolute Gasteiger partial charge is 0.456 e. The highest BCUT2D eigenvalue weighted by molar-refractivity contribution is 7.11. The number of thiophene rings is 1. The zero-order valence-electron chi connectivity index (χ0n) is 7.55. The fraction of sp³-hybridized carbons (Fsp3) is 0.375. The predicted molar refractivity (Wildman–Crippen MR) is 46.2 cm³/mol. The number of halogens is 5. The molecule has 0 spiro atoms. The molecule has 0 N–H and O–H groups in total. The zero-order chi connectivity index (χ0) is 12.4. The average Bonchev–Trinajstić information content (AvgIpc) is 2.60. The van der Waals surface area contributed by atoms with Gasteiger partial charge in [-0.15, -0.1) is 11.3 Å². The summed E-state index contributed by atoms with van der Waals surface area (Å²) in [5.41, 5.74) is 0. The molecule has 0 fully saturated rings. The van der Waals surface area contributed by atoms with Gasteiger partial charge in [0.2, 0.25) is 0 Å². The van der Waals surface area contributed by atoms with Crippen molar-refractivity contribution in [2.75, 3.05) is 6.61 Å². The first-order valence-corrected chi connectivity index (χ1v) is 4.75. The van der Waals surface area contributed by atoms with Crippen molar-refractivity contribution in [2.45, 2.75) is 12.1 Å². The Labute approximate surface area is 90.6 Å². The van der Waals surface area contributed by atoms with Crippen molar-refractivity contribution in [1.29, 1.82) is 0 Å². The molecule has 0 bridgehead atoms. The first kappa shape index (κ1) is 12.9. The van der Waals surface area contributed by atoms with Gasteiger partial charge in [0.1, 0.15) is 5.75 Å². The lowest BCUT2D eigenvalue weighted by Gasteiger charge is -2.19. The molecule has 1 aromatic rings. The largest absolute Gasteiger partial charge is 0.486 e. The van der Waals surface area contributed by atoms with E-state index >= 15 is 0 Å². The van der Waals surface area contributed by atoms with Crippen molar-refractivity contribution in [3.63, 3.8) is 0 Å². The Hall–Kier alpha value is -1.18. The Bertz CT molecular complexity index is 371. The first-order valence-electron chi connectivity index (χ1n) is 3.87. The van der Waals surface area contributed by atoms with Crippen molar-refractivity contribution in [2.24, 2.45) is 0 Å². The third-order valence-corrected chi connectivity index (χ3v) is 2.38. The molecular weight excluding hydrogens is 255 g/mol. The molecule has 0 amide bonds. The lowest BCUT2D eigenvalue weighted by atomic mass is 10.3. The van der Waals surface area contributed by atoms with E-state index in [1.54, 1.807) is 0 Å². The van der Waals surface area contributed by atoms with Crippen LogP contribution < -0.4 is 4.74 Å². The van der Waals surface area contributed by atoms with E-state index in [-0.39, 0.29) is 10.6 Å². The van der Waals surface area contributed by atoms with Crippen LogP contribution in [0, 0.1) is 0 Å². The Morgan fingerprint density at radius 3 is 2.38 bits per heavy atom. The molecule has 0 aliphatic carbocycles. The van der Waals surface area contributed by atoms with Gasteiger partial charge in [-0.25, -0.2) is 0 Å². The highest BCUT2D eigenvalue weighted by atomic mass is 32.1. The van der Waals surface area contributed by atoms with Crippen LogP contribution in [0.2, 0.25) is 0 Å². The number of carbonyl (C=O) groups is 1. The van der Waals surface area contributed by atoms with Gasteiger partial charge >= 0.3 is 12.1 Å². The van der Waals surface area contributed by atoms with Crippen molar-refractivity contribution < 1.29 is 31.5 Å². The van der Waals surface area contributed by atoms with Gasteiger partial charge in [-0.1, -0.05) is 0 Å². The number of hydrogen-bond donors (Lipinski definition) is 0. The summed E-state index contributed by atoms with van der Waals surface area (Å²) in [5, 5.41) is 1.18. The van der Waals surface area contributed by atoms with Gasteiger partial charge in [-0.2, -0.15) is 22.0 Å². The molecular formula is C8H5F5O2S. The van der Waals surface area contributed by atoms with Crippen LogP contribution >= 0.6 is 11.3 Å². The third kappa shape index (κ3) is 2.91. The van der Waals surface area contributed by atoms with Gasteiger partial charge in [0.25, 0.3) is 0 Å². The standard InChI is InChI=1S/C8H5F5O2S/c9-7(10,8(11,12)13)4-15-5-1-6(2-14)16-3-5/h1-3H,4H2. The van der Waals surface area contributed by atoms with E-state index < -0.39 is 18.7 Å². The second-order valence-electron chi connectivity index (χ2n) is 2.79. The summed E-state index contributed by atoms with van der Waals surface area (Å²) in [6.45, 7) is -1.80. The van der Waals surface area contributed by atoms with Crippen LogP contribution in [0.25, 0.3) is 0 Å². The second kappa shape index (κ2) is 4.36. The maximum atomic E-state index is 12.4. The minimum atomic E-state index is -5.64. The Morgan fingerprint density at radius 1 is 1.31 bits per heavy atom. The Morgan fingerprint density at radius 2 is 1.94 bits per heavy atom. The van der Waals surface area contributed by atoms with Crippen LogP contribution in [0.1, 0.15) is 9.67 Å². The molecule has 0 aliphatic rings. The molecule has 8 heteroatoms. The van der Waals surface area contributed by atoms with Crippen LogP contribution in [0.15, 0.2) is 11.4 Å². The van der Waals surface area contributed by atoms with Crippen LogP contribution in [-0.2, 0) is 0 Å². The topological polar surface area (TPSA) is 26.3 Å². The van der Waals surface area contributed by atoms with E-state index in [9.17, 15) is 26.7 Å². The number of hydrogen-bond acceptors (Lipinski definition) is 3. The number of rotatable bonds is 4. The lowest BCUT2D eigenvalue weighted by molar-refractivity contribution is -0.289. The summed E-state index contributed by atoms with van der Waals surface area (Å²) in [7, 11) is 0. The summed E-state index contributed by atoms with van der Waals surface area (Å²) < 4.78 is 64.2. The molecule has 2 nitrogen and oxygen atoms in total. The normalized spacial score (nSPS) is 12.6. The molecule has 0 aliphatic heterocycles. The molecule has 0 atom stereocenters. The minimum Gasteiger partial charge on any atom is -0.486 e. The van der Waals surface area contributed by atoms with Crippen LogP contribution in [0.4, 0.5) is 22.0 Å². The predicted octanol–water partition coefficient (Wildman–Crippen LogP) is 3.14. The van der Waals surface area contributed by atoms with E-state index in [0.717, 1.165) is 17.4 Å². The van der Waals surface area contributed by atoms with Crippen LogP contribution in [0.3, 0.4) is 0 Å². The molecule has 1 rings (SSSR count). The Balaban J connectivity index is 2.61. The zero-order valence-corrected chi connectivity index (χ0v) is 8.37. The second-order valence-corrected chi connectivity index (χ2v) is 3.74. The first-order chi connectivity index (χ1) is 7.26. The van der Waals surface area contributed by atoms with Gasteiger partial charge in [0.15, 0.2) is 12.9 Å². The highest BCUT2D eigenvalue weighted by Crippen LogP contribution is 2.36. The van der Waals surface area contributed by atoms with Crippen molar-refractivity contribution >= 4 is 17.6 Å². The van der Waals surface area contributed by atoms with Crippen LogP contribution in [-0.4, -0.2) is 25.0 Å². The molecule has 0 unspecified atom stereocenters. The SMILES string of the molecule is O=Cc1cc(OCC(F)(F)C(F)(F)F)cs1. The maximum absolute atomic E-state index is 12.4. The van der Waals surface area contributed by atoms with Gasteiger partial charge < -0.3 is 4.74 Å². The molecule has 1 heterocycles. The van der Waals surface area contributed by atoms with Gasteiger partial charge in [0.05, 0.1) is 4.88 Å². The summed E-state index contributed by atoms with van der Waals surface area (Å²) >= 11 is 0.888. The summed E-state index contributed by atoms with van der Waals surface area (Å²) in [5.74, 6) is -5.09. The number of ether oxygens (including phenoxy) is 1. The van der Waals surface area contributed by atoms with Gasteiger partial charge in [-0.05, 0) is 0 Å². The molecule has 0 aromatic carbocycles. The molecule has 0 saturated heterocycles. The third-order valence-electron chi connectivity index (χ3n) is 1.55. The van der Waals surface area contributed by atoms with E-state index in [0.29, 0.717) is 6.29 Å². The highest BCUT2D eigenvalue weighted by Gasteiger charge is 2.58. The van der Waals surface area contributed by atoms with Gasteiger partial charge in [0, 0.05) is 11.4 Å². The molecule has 90 valence electrons. The summed E-state index contributed by atoms with van der Waals surface area (Å²) in [4.78, 5) is 10.4. The van der Waals surface area contributed by atoms with E-state index in [1.807, 2.05) is 0 Å². The minimum absolute atomic E-state index is 0.184. The van der Waals surface area contributed by atoms with Crippen molar-refractivity contribution in [3.05, 3.63) is 16.3 Å². The molecule has 0 saturated carbocycles. The van der Waals surface area contributed by atoms with Crippen molar-refractivity contribution in [1.82, 2.24) is 0 Å². The molecule has 1 aromatic heterocycles. The number of aldehydes is 1. The van der Waals surface area contributed by atoms with Crippen LogP contribution in [0.5, 0.6) is 5.75 Å². The Kier molecular flexibility index (Phi) is 3.51. The lowest BCUT2D eigenvalue weighted by Crippen LogP contribution is -2.41. The van der Waals surface area contributed by atoms with E-state index in [2.05, 4.69) is 4.74 Å². The summed E-state index contributed by atoms with van der Waals surface area (Å²) in [6.07, 6.45) is -5.20. The quantitative estimate of drug-likeness (QED) is 0.614. The molecule has 16 heavy (non-hydrogen) atoms. The van der Waals surface area contributed by atoms with E-state index in [1.165, 1.54) is 5.38 Å². The van der Waals surface area contributed by atoms with E-state index in [4.69, 9.17) is 0 Å². The number of alkyl halides is 5. The maximum Gasteiger partial charge on any atom is 0.456 e.